The van der Waals surface area contributed by atoms with Gasteiger partial charge in [-0.3, -0.25) is 4.79 Å². The molecule has 1 amide bonds. The summed E-state index contributed by atoms with van der Waals surface area (Å²) in [4.78, 5) is 15.5. The maximum atomic E-state index is 12.6. The number of carbonyl (C=O) groups excluding carboxylic acids is 1. The normalized spacial score (nSPS) is 21.1. The van der Waals surface area contributed by atoms with Gasteiger partial charge in [0.25, 0.3) is 5.91 Å². The number of hydrogen-bond acceptors (Lipinski definition) is 4. The van der Waals surface area contributed by atoms with Crippen LogP contribution in [0.2, 0.25) is 0 Å². The number of fused-ring (bicyclic) bond motifs is 1. The number of benzene rings is 2. The van der Waals surface area contributed by atoms with Crippen LogP contribution in [0.4, 0.5) is 0 Å². The molecule has 2 aliphatic heterocycles. The molecule has 0 aromatic heterocycles. The fourth-order valence-corrected chi connectivity index (χ4v) is 4.15. The molecule has 3 N–H and O–H groups in total. The number of amides is 1. The van der Waals surface area contributed by atoms with Crippen LogP contribution in [-0.4, -0.2) is 52.0 Å². The van der Waals surface area contributed by atoms with Gasteiger partial charge in [-0.2, -0.15) is 0 Å². The first-order valence-corrected chi connectivity index (χ1v) is 10.6. The largest absolute Gasteiger partial charge is 0.497 e. The summed E-state index contributed by atoms with van der Waals surface area (Å²) in [5, 5.41) is 3.08. The van der Waals surface area contributed by atoms with Crippen molar-refractivity contribution in [3.8, 4) is 17.2 Å². The van der Waals surface area contributed by atoms with E-state index in [0.717, 1.165) is 55.5 Å². The van der Waals surface area contributed by atoms with Crippen molar-refractivity contribution in [3.63, 3.8) is 0 Å². The Hall–Kier alpha value is -2.77. The molecule has 30 heavy (non-hydrogen) atoms. The maximum absolute atomic E-state index is 12.6. The van der Waals surface area contributed by atoms with Gasteiger partial charge >= 0.3 is 0 Å². The predicted octanol–water partition coefficient (Wildman–Crippen LogP) is -0.588. The Bertz CT molecular complexity index is 863. The van der Waals surface area contributed by atoms with E-state index in [1.54, 1.807) is 12.0 Å². The third-order valence-electron chi connectivity index (χ3n) is 6.12. The van der Waals surface area contributed by atoms with Crippen LogP contribution in [0.25, 0.3) is 0 Å². The summed E-state index contributed by atoms with van der Waals surface area (Å²) in [6.07, 6.45) is 0. The standard InChI is InChI=1S/C23H29N3O4/c1-17(23(27)24-14-18-3-6-20(28-2)7-4-18)26-11-9-25(10-12-26)15-19-5-8-21-22(13-19)30-16-29-21/h3-8,13,17H,9-12,14-16H2,1-2H3,(H,24,27)/p+2/t17-/m1/s1. The summed E-state index contributed by atoms with van der Waals surface area (Å²) in [5.74, 6) is 2.61. The first-order chi connectivity index (χ1) is 14.6. The fourth-order valence-electron chi connectivity index (χ4n) is 4.15. The molecule has 1 saturated heterocycles. The maximum Gasteiger partial charge on any atom is 0.278 e. The minimum Gasteiger partial charge on any atom is -0.497 e. The Morgan fingerprint density at radius 2 is 1.73 bits per heavy atom. The highest BCUT2D eigenvalue weighted by atomic mass is 16.7. The highest BCUT2D eigenvalue weighted by molar-refractivity contribution is 5.79. The number of hydrogen-bond donors (Lipinski definition) is 3. The van der Waals surface area contributed by atoms with Gasteiger partial charge in [-0.1, -0.05) is 12.1 Å². The highest BCUT2D eigenvalue weighted by Crippen LogP contribution is 2.32. The van der Waals surface area contributed by atoms with Crippen molar-refractivity contribution in [3.05, 3.63) is 53.6 Å². The molecule has 0 radical (unpaired) electrons. The summed E-state index contributed by atoms with van der Waals surface area (Å²) >= 11 is 0. The van der Waals surface area contributed by atoms with Gasteiger partial charge in [-0.15, -0.1) is 0 Å². The number of rotatable bonds is 7. The number of quaternary nitrogens is 2. The van der Waals surface area contributed by atoms with Crippen LogP contribution in [0.1, 0.15) is 18.1 Å². The van der Waals surface area contributed by atoms with Crippen molar-refractivity contribution in [2.75, 3.05) is 40.1 Å². The Morgan fingerprint density at radius 3 is 2.47 bits per heavy atom. The predicted molar refractivity (Wildman–Crippen MR) is 112 cm³/mol. The SMILES string of the molecule is COc1ccc(CNC(=O)[C@@H](C)[NH+]2CC[NH+](Cc3ccc4c(c3)OCO4)CC2)cc1. The summed E-state index contributed by atoms with van der Waals surface area (Å²) in [6, 6.07) is 13.9. The van der Waals surface area contributed by atoms with Gasteiger partial charge in [0.1, 0.15) is 38.5 Å². The van der Waals surface area contributed by atoms with Crippen LogP contribution in [0, 0.1) is 0 Å². The van der Waals surface area contributed by atoms with E-state index >= 15 is 0 Å². The lowest BCUT2D eigenvalue weighted by Crippen LogP contribution is -3.29. The van der Waals surface area contributed by atoms with Crippen molar-refractivity contribution in [2.24, 2.45) is 0 Å². The monoisotopic (exact) mass is 413 g/mol. The van der Waals surface area contributed by atoms with E-state index in [1.165, 1.54) is 10.5 Å². The van der Waals surface area contributed by atoms with E-state index in [0.29, 0.717) is 13.3 Å². The first kappa shape index (κ1) is 20.5. The molecule has 7 nitrogen and oxygen atoms in total. The second-order valence-corrected chi connectivity index (χ2v) is 8.06. The lowest BCUT2D eigenvalue weighted by atomic mass is 10.1. The van der Waals surface area contributed by atoms with Gasteiger partial charge in [0.05, 0.1) is 7.11 Å². The Labute approximate surface area is 177 Å². The minimum absolute atomic E-state index is 0.0460. The molecule has 2 aromatic carbocycles. The summed E-state index contributed by atoms with van der Waals surface area (Å²) < 4.78 is 16.0. The topological polar surface area (TPSA) is 65.7 Å². The van der Waals surface area contributed by atoms with Crippen LogP contribution in [-0.2, 0) is 17.9 Å². The Kier molecular flexibility index (Phi) is 6.40. The lowest BCUT2D eigenvalue weighted by molar-refractivity contribution is -1.02. The van der Waals surface area contributed by atoms with E-state index in [1.807, 2.05) is 37.3 Å². The molecule has 2 aromatic rings. The molecule has 0 unspecified atom stereocenters. The lowest BCUT2D eigenvalue weighted by Gasteiger charge is -2.32. The van der Waals surface area contributed by atoms with Crippen LogP contribution in [0.15, 0.2) is 42.5 Å². The second kappa shape index (κ2) is 9.36. The van der Waals surface area contributed by atoms with E-state index in [2.05, 4.69) is 17.4 Å². The van der Waals surface area contributed by atoms with Crippen molar-refractivity contribution >= 4 is 5.91 Å². The van der Waals surface area contributed by atoms with Gasteiger partial charge in [0.15, 0.2) is 17.5 Å². The molecule has 2 aliphatic rings. The molecule has 2 heterocycles. The minimum atomic E-state index is -0.0460. The zero-order chi connectivity index (χ0) is 20.9. The molecule has 0 spiro atoms. The van der Waals surface area contributed by atoms with Gasteiger partial charge < -0.3 is 29.3 Å². The van der Waals surface area contributed by atoms with E-state index in [4.69, 9.17) is 14.2 Å². The Morgan fingerprint density at radius 1 is 1.03 bits per heavy atom. The second-order valence-electron chi connectivity index (χ2n) is 8.06. The molecule has 0 bridgehead atoms. The van der Waals surface area contributed by atoms with Crippen molar-refractivity contribution < 1.29 is 28.8 Å². The number of piperazine rings is 1. The van der Waals surface area contributed by atoms with Crippen LogP contribution < -0.4 is 29.3 Å². The van der Waals surface area contributed by atoms with Crippen LogP contribution in [0.5, 0.6) is 17.2 Å². The molecule has 4 rings (SSSR count). The summed E-state index contributed by atoms with van der Waals surface area (Å²) in [7, 11) is 1.65. The van der Waals surface area contributed by atoms with E-state index in [-0.39, 0.29) is 11.9 Å². The molecule has 0 aliphatic carbocycles. The highest BCUT2D eigenvalue weighted by Gasteiger charge is 2.31. The first-order valence-electron chi connectivity index (χ1n) is 10.6. The van der Waals surface area contributed by atoms with Gasteiger partial charge in [0.2, 0.25) is 6.79 Å². The molecular formula is C23H31N3O4+2. The van der Waals surface area contributed by atoms with Gasteiger partial charge in [0, 0.05) is 12.1 Å². The van der Waals surface area contributed by atoms with Crippen LogP contribution in [0.3, 0.4) is 0 Å². The molecule has 160 valence electrons. The van der Waals surface area contributed by atoms with E-state index < -0.39 is 0 Å². The van der Waals surface area contributed by atoms with Gasteiger partial charge in [-0.25, -0.2) is 0 Å². The quantitative estimate of drug-likeness (QED) is 0.568. The molecular weight excluding hydrogens is 382 g/mol. The van der Waals surface area contributed by atoms with Crippen molar-refractivity contribution in [2.45, 2.75) is 26.1 Å². The Balaban J connectivity index is 1.22. The zero-order valence-corrected chi connectivity index (χ0v) is 17.7. The summed E-state index contributed by atoms with van der Waals surface area (Å²) in [5.41, 5.74) is 2.34. The number of nitrogens with one attached hydrogen (secondary N) is 3. The number of carbonyl (C=O) groups is 1. The number of ether oxygens (including phenoxy) is 3. The van der Waals surface area contributed by atoms with Crippen molar-refractivity contribution in [1.82, 2.24) is 5.32 Å². The molecule has 1 atom stereocenters. The summed E-state index contributed by atoms with van der Waals surface area (Å²) in [6.45, 7) is 7.96. The van der Waals surface area contributed by atoms with Crippen LogP contribution >= 0.6 is 0 Å². The average Bonchev–Trinajstić information content (AvgIpc) is 3.26. The molecule has 0 saturated carbocycles. The average molecular weight is 414 g/mol. The third-order valence-corrected chi connectivity index (χ3v) is 6.12. The molecule has 1 fully saturated rings. The van der Waals surface area contributed by atoms with Crippen molar-refractivity contribution in [1.29, 1.82) is 0 Å². The smallest absolute Gasteiger partial charge is 0.278 e. The van der Waals surface area contributed by atoms with E-state index in [9.17, 15) is 4.79 Å². The number of methoxy groups -OCH3 is 1. The van der Waals surface area contributed by atoms with Gasteiger partial charge in [-0.05, 0) is 42.8 Å². The fraction of sp³-hybridized carbons (Fsp3) is 0.435. The zero-order valence-electron chi connectivity index (χ0n) is 17.7. The molecule has 7 heteroatoms. The third kappa shape index (κ3) is 4.86.